The average molecular weight is 989 g/mol. The number of hydrogen-bond donors (Lipinski definition) is 2. The Kier molecular flexibility index (Phi) is 11.8. The van der Waals surface area contributed by atoms with Gasteiger partial charge in [-0.1, -0.05) is 32.4 Å². The van der Waals surface area contributed by atoms with Gasteiger partial charge in [0.2, 0.25) is 0 Å². The Morgan fingerprint density at radius 2 is 1.79 bits per heavy atom. The summed E-state index contributed by atoms with van der Waals surface area (Å²) in [5.41, 5.74) is 1.80. The molecule has 4 aromatic heterocycles. The molecule has 3 aromatic carbocycles. The number of fused-ring (bicyclic) bond motifs is 7. The number of phenols is 1. The number of pyridine rings is 3. The third-order valence-corrected chi connectivity index (χ3v) is 14.9. The molecule has 372 valence electrons. The number of hydrogen-bond acceptors (Lipinski definition) is 14. The van der Waals surface area contributed by atoms with Gasteiger partial charge in [0.1, 0.15) is 54.2 Å². The third-order valence-electron chi connectivity index (χ3n) is 14.9. The molecule has 11 rings (SSSR count). The second kappa shape index (κ2) is 18.2. The van der Waals surface area contributed by atoms with Crippen LogP contribution in [-0.2, 0) is 39.5 Å². The van der Waals surface area contributed by atoms with Crippen LogP contribution in [0.15, 0.2) is 71.7 Å². The minimum absolute atomic E-state index is 0.0437. The van der Waals surface area contributed by atoms with Crippen LogP contribution < -0.4 is 19.9 Å². The summed E-state index contributed by atoms with van der Waals surface area (Å²) in [6.45, 7) is 10.1. The van der Waals surface area contributed by atoms with Gasteiger partial charge in [0.05, 0.1) is 40.0 Å². The van der Waals surface area contributed by atoms with Crippen molar-refractivity contribution in [1.29, 1.82) is 0 Å². The van der Waals surface area contributed by atoms with Crippen molar-refractivity contribution in [2.24, 2.45) is 0 Å². The molecule has 4 aliphatic rings. The van der Waals surface area contributed by atoms with E-state index in [-0.39, 0.29) is 125 Å². The average Bonchev–Trinajstić information content (AvgIpc) is 3.99. The Bertz CT molecular complexity index is 3620. The van der Waals surface area contributed by atoms with E-state index < -0.39 is 23.2 Å². The molecule has 8 heterocycles. The molecule has 0 aliphatic carbocycles. The molecule has 0 radical (unpaired) electrons. The zero-order chi connectivity index (χ0) is 51.0. The van der Waals surface area contributed by atoms with Gasteiger partial charge < -0.3 is 43.7 Å². The summed E-state index contributed by atoms with van der Waals surface area (Å²) >= 11 is 0. The molecule has 2 saturated heterocycles. The number of rotatable bonds is 11. The standard InChI is InChI=1S/C55H50F2N8O8/c1-6-34-36-22-33(12-14-43(36)59-47-39(34)25-65-44(47)23-41-40(52(65)68)28-72-53(69)55(41,70)8-3)71-26-29(4)51(67)64-18-16-63(17-19-64)50-38-24-58-48(37-21-32(66)20-30-11-13-42(56)35(7-2)45(30)37)46(57)49(38)60-54(61-50)73-27-31-10-9-15-62(31)5/h2,11-14,20-24,31,66,70H,4,6,8-10,15-19,25-28H2,1,3,5H3/t31-,55-/m0/s1. The van der Waals surface area contributed by atoms with E-state index in [9.17, 15) is 24.6 Å². The topological polar surface area (TPSA) is 186 Å². The van der Waals surface area contributed by atoms with Gasteiger partial charge in [-0.05, 0) is 92.7 Å². The fraction of sp³-hybridized carbons (Fsp3) is 0.327. The van der Waals surface area contributed by atoms with Crippen molar-refractivity contribution in [3.63, 3.8) is 0 Å². The number of halogens is 2. The molecular weight excluding hydrogens is 939 g/mol. The number of carbonyl (C=O) groups excluding carboxylic acids is 2. The summed E-state index contributed by atoms with van der Waals surface area (Å²) in [6, 6.07) is 12.6. The van der Waals surface area contributed by atoms with Crippen LogP contribution in [-0.4, -0.2) is 115 Å². The first kappa shape index (κ1) is 47.3. The van der Waals surface area contributed by atoms with Crippen molar-refractivity contribution in [3.8, 4) is 52.5 Å². The number of likely N-dealkylation sites (tertiary alicyclic amines) is 1. The molecule has 7 aromatic rings. The summed E-state index contributed by atoms with van der Waals surface area (Å²) in [7, 11) is 2.02. The van der Waals surface area contributed by atoms with Gasteiger partial charge in [-0.3, -0.25) is 14.6 Å². The number of phenolic OH excluding ortho intramolecular Hbond substituents is 1. The van der Waals surface area contributed by atoms with Gasteiger partial charge >= 0.3 is 12.0 Å². The molecule has 16 nitrogen and oxygen atoms in total. The number of aromatic hydroxyl groups is 1. The number of anilines is 1. The second-order valence-corrected chi connectivity index (χ2v) is 19.0. The number of nitrogens with zero attached hydrogens (tertiary/aromatic N) is 8. The number of terminal acetylenes is 1. The first-order valence-electron chi connectivity index (χ1n) is 24.3. The number of carbonyl (C=O) groups is 2. The van der Waals surface area contributed by atoms with Gasteiger partial charge in [-0.2, -0.15) is 9.97 Å². The fourth-order valence-corrected chi connectivity index (χ4v) is 10.8. The largest absolute Gasteiger partial charge is 0.508 e. The highest BCUT2D eigenvalue weighted by Gasteiger charge is 2.45. The number of aromatic nitrogens is 5. The predicted molar refractivity (Wildman–Crippen MR) is 268 cm³/mol. The molecule has 2 fully saturated rings. The van der Waals surface area contributed by atoms with Crippen LogP contribution in [0, 0.1) is 24.0 Å². The number of piperazine rings is 1. The quantitative estimate of drug-likeness (QED) is 0.0811. The maximum absolute atomic E-state index is 17.1. The van der Waals surface area contributed by atoms with Crippen molar-refractivity contribution < 1.29 is 42.8 Å². The third kappa shape index (κ3) is 7.85. The Balaban J connectivity index is 0.820. The second-order valence-electron chi connectivity index (χ2n) is 19.0. The first-order chi connectivity index (χ1) is 35.2. The number of benzene rings is 3. The number of likely N-dealkylation sites (N-methyl/N-ethyl adjacent to an activating group) is 1. The summed E-state index contributed by atoms with van der Waals surface area (Å²) in [5, 5.41) is 23.7. The number of amides is 1. The molecule has 4 aliphatic heterocycles. The monoisotopic (exact) mass is 988 g/mol. The normalized spacial score (nSPS) is 18.4. The molecule has 18 heteroatoms. The highest BCUT2D eigenvalue weighted by Crippen LogP contribution is 2.42. The summed E-state index contributed by atoms with van der Waals surface area (Å²) in [5.74, 6) is 0.439. The number of esters is 1. The lowest BCUT2D eigenvalue weighted by atomic mass is 9.86. The SMILES string of the molecule is C#Cc1c(F)ccc2cc(O)cc(-c3ncc4c(N5CCN(C(=O)C(=C)COc6ccc7nc8c(c(CC)c7c6)Cn6c-8cc7c(c6=O)COC(=O)[C@]7(O)CC)CC5)nc(OC[C@@H]5CCCN5C)nc4c3F)c12. The lowest BCUT2D eigenvalue weighted by Gasteiger charge is -2.36. The molecule has 0 saturated carbocycles. The van der Waals surface area contributed by atoms with Gasteiger partial charge in [-0.25, -0.2) is 18.6 Å². The van der Waals surface area contributed by atoms with E-state index in [0.717, 1.165) is 35.9 Å². The maximum atomic E-state index is 17.1. The van der Waals surface area contributed by atoms with E-state index in [1.165, 1.54) is 30.5 Å². The lowest BCUT2D eigenvalue weighted by Crippen LogP contribution is -2.49. The molecule has 73 heavy (non-hydrogen) atoms. The number of aliphatic hydroxyl groups is 1. The van der Waals surface area contributed by atoms with Gasteiger partial charge in [-0.15, -0.1) is 6.42 Å². The van der Waals surface area contributed by atoms with E-state index in [4.69, 9.17) is 30.6 Å². The van der Waals surface area contributed by atoms with E-state index in [1.54, 1.807) is 28.5 Å². The number of aryl methyl sites for hydroxylation is 1. The van der Waals surface area contributed by atoms with Crippen LogP contribution >= 0.6 is 0 Å². The van der Waals surface area contributed by atoms with Crippen molar-refractivity contribution >= 4 is 50.3 Å². The smallest absolute Gasteiger partial charge is 0.343 e. The van der Waals surface area contributed by atoms with Crippen molar-refractivity contribution in [3.05, 3.63) is 117 Å². The molecule has 0 bridgehead atoms. The van der Waals surface area contributed by atoms with E-state index in [2.05, 4.69) is 27.4 Å². The van der Waals surface area contributed by atoms with Crippen LogP contribution in [0.4, 0.5) is 14.6 Å². The highest BCUT2D eigenvalue weighted by atomic mass is 19.1. The number of cyclic esters (lactones) is 1. The lowest BCUT2D eigenvalue weighted by molar-refractivity contribution is -0.172. The molecule has 2 N–H and O–H groups in total. The van der Waals surface area contributed by atoms with E-state index in [1.807, 2.05) is 31.0 Å². The Morgan fingerprint density at radius 1 is 0.986 bits per heavy atom. The van der Waals surface area contributed by atoms with Crippen LogP contribution in [0.5, 0.6) is 17.5 Å². The zero-order valence-corrected chi connectivity index (χ0v) is 40.4. The summed E-state index contributed by atoms with van der Waals surface area (Å²) < 4.78 is 51.3. The van der Waals surface area contributed by atoms with Crippen molar-refractivity contribution in [1.82, 2.24) is 34.3 Å². The first-order valence-corrected chi connectivity index (χ1v) is 24.3. The molecule has 0 spiro atoms. The van der Waals surface area contributed by atoms with Gasteiger partial charge in [0, 0.05) is 71.5 Å². The number of ether oxygens (including phenoxy) is 3. The van der Waals surface area contributed by atoms with E-state index in [0.29, 0.717) is 53.4 Å². The molecule has 1 amide bonds. The summed E-state index contributed by atoms with van der Waals surface area (Å²) in [6.07, 6.45) is 9.77. The summed E-state index contributed by atoms with van der Waals surface area (Å²) in [4.78, 5) is 65.0. The fourth-order valence-electron chi connectivity index (χ4n) is 10.8. The van der Waals surface area contributed by atoms with Crippen LogP contribution in [0.3, 0.4) is 0 Å². The van der Waals surface area contributed by atoms with Gasteiger partial charge in [0.25, 0.3) is 11.5 Å². The zero-order valence-electron chi connectivity index (χ0n) is 40.4. The minimum atomic E-state index is -1.93. The highest BCUT2D eigenvalue weighted by molar-refractivity contribution is 6.03. The van der Waals surface area contributed by atoms with Crippen LogP contribution in [0.25, 0.3) is 55.2 Å². The maximum Gasteiger partial charge on any atom is 0.343 e. The molecule has 0 unspecified atom stereocenters. The van der Waals surface area contributed by atoms with Crippen molar-refractivity contribution in [2.45, 2.75) is 64.3 Å². The minimum Gasteiger partial charge on any atom is -0.508 e. The Hall–Kier alpha value is -8.01. The molecule has 2 atom stereocenters. The van der Waals surface area contributed by atoms with E-state index >= 15 is 8.78 Å². The van der Waals surface area contributed by atoms with Crippen LogP contribution in [0.1, 0.15) is 60.9 Å². The molecular formula is C55H50F2N8O8. The Morgan fingerprint density at radius 3 is 2.53 bits per heavy atom. The van der Waals surface area contributed by atoms with Crippen LogP contribution in [0.2, 0.25) is 0 Å². The Labute approximate surface area is 417 Å². The predicted octanol–water partition coefficient (Wildman–Crippen LogP) is 6.52. The van der Waals surface area contributed by atoms with Crippen molar-refractivity contribution in [2.75, 3.05) is 57.9 Å². The van der Waals surface area contributed by atoms with Gasteiger partial charge in [0.15, 0.2) is 11.4 Å².